The van der Waals surface area contributed by atoms with Crippen LogP contribution in [0.5, 0.6) is 0 Å². The highest BCUT2D eigenvalue weighted by Gasteiger charge is 2.21. The number of nitrogens with zero attached hydrogens (tertiary/aromatic N) is 1. The molecule has 0 radical (unpaired) electrons. The fraction of sp³-hybridized carbons (Fsp3) is 0.870. The maximum Gasteiger partial charge on any atom is 0.306 e. The second-order valence-corrected chi connectivity index (χ2v) is 18.2. The minimum absolute atomic E-state index is 0.0297. The monoisotopic (exact) mass is 814 g/mol. The van der Waals surface area contributed by atoms with Crippen LogP contribution in [0.4, 0.5) is 0 Å². The molecule has 0 fully saturated rings. The van der Waals surface area contributed by atoms with E-state index in [0.29, 0.717) is 17.4 Å². The molecule has 0 aromatic carbocycles. The van der Waals surface area contributed by atoms with E-state index < -0.39 is 26.5 Å². The van der Waals surface area contributed by atoms with E-state index in [1.54, 1.807) is 0 Å². The van der Waals surface area contributed by atoms with Crippen LogP contribution in [0.1, 0.15) is 206 Å². The van der Waals surface area contributed by atoms with E-state index in [9.17, 15) is 19.0 Å². The number of unbranched alkanes of at least 4 members (excludes halogenated alkanes) is 24. The zero-order valence-electron chi connectivity index (χ0n) is 37.1. The summed E-state index contributed by atoms with van der Waals surface area (Å²) in [5, 5.41) is 0. The quantitative estimate of drug-likeness (QED) is 0.0197. The number of rotatable bonds is 42. The molecule has 56 heavy (non-hydrogen) atoms. The highest BCUT2D eigenvalue weighted by atomic mass is 31.2. The Kier molecular flexibility index (Phi) is 37.9. The van der Waals surface area contributed by atoms with E-state index in [2.05, 4.69) is 38.2 Å². The number of ether oxygens (including phenoxy) is 2. The van der Waals surface area contributed by atoms with Crippen LogP contribution in [0.3, 0.4) is 0 Å². The lowest BCUT2D eigenvalue weighted by Crippen LogP contribution is -2.37. The van der Waals surface area contributed by atoms with E-state index >= 15 is 0 Å². The van der Waals surface area contributed by atoms with Gasteiger partial charge in [-0.05, 0) is 44.9 Å². The molecule has 0 saturated carbocycles. The van der Waals surface area contributed by atoms with E-state index in [1.165, 1.54) is 122 Å². The molecule has 0 aromatic rings. The van der Waals surface area contributed by atoms with Crippen molar-refractivity contribution in [2.75, 3.05) is 47.5 Å². The SMILES string of the molecule is CCCCC/C=C\C/C=C\CCCCCCCCCCCC(=O)O[C@H](COC(=O)CCCCCCCCCCCCCCC)COP(=O)([O-])OCC[N+](C)(C)C. The molecule has 1 unspecified atom stereocenters. The van der Waals surface area contributed by atoms with E-state index in [0.717, 1.165) is 51.4 Å². The van der Waals surface area contributed by atoms with Crippen LogP contribution in [0.2, 0.25) is 0 Å². The first-order valence-electron chi connectivity index (χ1n) is 23.0. The molecule has 0 heterocycles. The van der Waals surface area contributed by atoms with Gasteiger partial charge in [0.25, 0.3) is 7.82 Å². The fourth-order valence-electron chi connectivity index (χ4n) is 6.33. The Morgan fingerprint density at radius 2 is 0.964 bits per heavy atom. The van der Waals surface area contributed by atoms with Crippen molar-refractivity contribution in [2.24, 2.45) is 0 Å². The number of likely N-dealkylation sites (N-methyl/N-ethyl adjacent to an activating group) is 1. The summed E-state index contributed by atoms with van der Waals surface area (Å²) in [6, 6.07) is 0. The Balaban J connectivity index is 4.30. The van der Waals surface area contributed by atoms with Crippen LogP contribution in [-0.4, -0.2) is 70.0 Å². The van der Waals surface area contributed by atoms with Crippen LogP contribution in [0.25, 0.3) is 0 Å². The number of allylic oxidation sites excluding steroid dienone is 4. The number of phosphoric ester groups is 1. The molecule has 0 aliphatic rings. The van der Waals surface area contributed by atoms with Gasteiger partial charge in [0.05, 0.1) is 27.7 Å². The van der Waals surface area contributed by atoms with Crippen molar-refractivity contribution in [1.29, 1.82) is 0 Å². The van der Waals surface area contributed by atoms with Crippen molar-refractivity contribution in [2.45, 2.75) is 213 Å². The lowest BCUT2D eigenvalue weighted by Gasteiger charge is -2.28. The molecular formula is C46H88NO8P. The maximum absolute atomic E-state index is 12.7. The van der Waals surface area contributed by atoms with Gasteiger partial charge in [-0.15, -0.1) is 0 Å². The van der Waals surface area contributed by atoms with E-state index in [1.807, 2.05) is 21.1 Å². The predicted molar refractivity (Wildman–Crippen MR) is 231 cm³/mol. The second kappa shape index (κ2) is 39.0. The summed E-state index contributed by atoms with van der Waals surface area (Å²) < 4.78 is 33.9. The van der Waals surface area contributed by atoms with E-state index in [4.69, 9.17) is 18.5 Å². The van der Waals surface area contributed by atoms with Gasteiger partial charge in [-0.2, -0.15) is 0 Å². The number of quaternary nitrogens is 1. The summed E-state index contributed by atoms with van der Waals surface area (Å²) in [4.78, 5) is 37.5. The van der Waals surface area contributed by atoms with Gasteiger partial charge in [0.15, 0.2) is 6.10 Å². The van der Waals surface area contributed by atoms with Gasteiger partial charge in [-0.1, -0.05) is 173 Å². The fourth-order valence-corrected chi connectivity index (χ4v) is 7.06. The third-order valence-electron chi connectivity index (χ3n) is 9.97. The molecule has 0 aromatic heterocycles. The summed E-state index contributed by atoms with van der Waals surface area (Å²) in [6.45, 7) is 4.21. The molecule has 0 saturated heterocycles. The summed E-state index contributed by atoms with van der Waals surface area (Å²) in [5.41, 5.74) is 0. The number of hydrogen-bond donors (Lipinski definition) is 0. The van der Waals surface area contributed by atoms with Gasteiger partial charge in [-0.25, -0.2) is 0 Å². The topological polar surface area (TPSA) is 111 Å². The van der Waals surface area contributed by atoms with Gasteiger partial charge >= 0.3 is 11.9 Å². The lowest BCUT2D eigenvalue weighted by molar-refractivity contribution is -0.870. The number of carbonyl (C=O) groups excluding carboxylic acids is 2. The Morgan fingerprint density at radius 1 is 0.554 bits per heavy atom. The number of hydrogen-bond acceptors (Lipinski definition) is 8. The minimum atomic E-state index is -4.62. The first-order chi connectivity index (χ1) is 27.0. The zero-order chi connectivity index (χ0) is 41.4. The van der Waals surface area contributed by atoms with Gasteiger partial charge in [0.1, 0.15) is 19.8 Å². The molecule has 330 valence electrons. The molecule has 2 atom stereocenters. The van der Waals surface area contributed by atoms with Crippen molar-refractivity contribution in [1.82, 2.24) is 0 Å². The lowest BCUT2D eigenvalue weighted by atomic mass is 10.0. The molecule has 0 bridgehead atoms. The highest BCUT2D eigenvalue weighted by molar-refractivity contribution is 7.45. The Labute approximate surface area is 345 Å². The summed E-state index contributed by atoms with van der Waals surface area (Å²) >= 11 is 0. The van der Waals surface area contributed by atoms with Crippen molar-refractivity contribution in [3.63, 3.8) is 0 Å². The van der Waals surface area contributed by atoms with Crippen molar-refractivity contribution < 1.29 is 42.1 Å². The molecule has 0 rings (SSSR count). The Hall–Kier alpha value is -1.51. The molecule has 9 nitrogen and oxygen atoms in total. The number of esters is 2. The van der Waals surface area contributed by atoms with Gasteiger partial charge in [-0.3, -0.25) is 14.2 Å². The third kappa shape index (κ3) is 42.1. The van der Waals surface area contributed by atoms with Crippen LogP contribution in [0.15, 0.2) is 24.3 Å². The Morgan fingerprint density at radius 3 is 1.45 bits per heavy atom. The summed E-state index contributed by atoms with van der Waals surface area (Å²) in [7, 11) is 1.17. The van der Waals surface area contributed by atoms with E-state index in [-0.39, 0.29) is 32.0 Å². The zero-order valence-corrected chi connectivity index (χ0v) is 38.0. The average molecular weight is 814 g/mol. The largest absolute Gasteiger partial charge is 0.756 e. The molecule has 0 spiro atoms. The molecular weight excluding hydrogens is 725 g/mol. The van der Waals surface area contributed by atoms with Crippen LogP contribution < -0.4 is 4.89 Å². The number of phosphoric acid groups is 1. The molecule has 10 heteroatoms. The molecule has 0 N–H and O–H groups in total. The van der Waals surface area contributed by atoms with Gasteiger partial charge < -0.3 is 27.9 Å². The smallest absolute Gasteiger partial charge is 0.306 e. The van der Waals surface area contributed by atoms with Crippen LogP contribution >= 0.6 is 7.82 Å². The molecule has 0 amide bonds. The molecule has 0 aliphatic carbocycles. The van der Waals surface area contributed by atoms with Crippen LogP contribution in [0, 0.1) is 0 Å². The summed E-state index contributed by atoms with van der Waals surface area (Å²) in [5.74, 6) is -0.832. The number of carbonyl (C=O) groups is 2. The van der Waals surface area contributed by atoms with Gasteiger partial charge in [0.2, 0.25) is 0 Å². The van der Waals surface area contributed by atoms with Crippen LogP contribution in [-0.2, 0) is 32.7 Å². The first-order valence-corrected chi connectivity index (χ1v) is 24.5. The van der Waals surface area contributed by atoms with Crippen molar-refractivity contribution in [3.05, 3.63) is 24.3 Å². The minimum Gasteiger partial charge on any atom is -0.756 e. The van der Waals surface area contributed by atoms with Gasteiger partial charge in [0, 0.05) is 12.8 Å². The first kappa shape index (κ1) is 54.5. The highest BCUT2D eigenvalue weighted by Crippen LogP contribution is 2.38. The Bertz CT molecular complexity index is 1010. The van der Waals surface area contributed by atoms with Crippen molar-refractivity contribution in [3.8, 4) is 0 Å². The summed E-state index contributed by atoms with van der Waals surface area (Å²) in [6.07, 6.45) is 41.9. The second-order valence-electron chi connectivity index (χ2n) is 16.8. The normalized spacial score (nSPS) is 13.8. The maximum atomic E-state index is 12.7. The average Bonchev–Trinajstić information content (AvgIpc) is 3.15. The third-order valence-corrected chi connectivity index (χ3v) is 10.9. The molecule has 0 aliphatic heterocycles. The standard InChI is InChI=1S/C46H88NO8P/c1-6-8-10-12-14-16-18-20-21-22-23-24-25-27-29-31-33-35-37-39-46(49)55-44(43-54-56(50,51)53-41-40-47(3,4)5)42-52-45(48)38-36-34-32-30-28-26-19-17-15-13-11-9-7-2/h14,16,20-21,44H,6-13,15,17-19,22-43H2,1-5H3/b16-14-,21-20-/t44-/m1/s1. The predicted octanol–water partition coefficient (Wildman–Crippen LogP) is 12.5. The van der Waals surface area contributed by atoms with Crippen molar-refractivity contribution >= 4 is 19.8 Å².